The molecule has 0 atom stereocenters. The lowest BCUT2D eigenvalue weighted by atomic mass is 10.1. The van der Waals surface area contributed by atoms with Crippen LogP contribution >= 0.6 is 23.2 Å². The smallest absolute Gasteiger partial charge is 0.294 e. The number of nitro groups is 1. The van der Waals surface area contributed by atoms with Crippen molar-refractivity contribution in [2.75, 3.05) is 37.9 Å². The number of carbonyl (C=O) groups is 1. The molecule has 146 valence electrons. The van der Waals surface area contributed by atoms with Crippen LogP contribution in [-0.4, -0.2) is 48.7 Å². The predicted molar refractivity (Wildman–Crippen MR) is 104 cm³/mol. The minimum Gasteiger partial charge on any atom is -0.454 e. The molecule has 10 heteroatoms. The number of rotatable bonds is 3. The molecular weight excluding hydrogens is 409 g/mol. The lowest BCUT2D eigenvalue weighted by Gasteiger charge is -2.35. The highest BCUT2D eigenvalue weighted by atomic mass is 35.5. The molecule has 2 aromatic rings. The summed E-state index contributed by atoms with van der Waals surface area (Å²) in [5.41, 5.74) is 0.864. The zero-order chi connectivity index (χ0) is 19.8. The molecule has 28 heavy (non-hydrogen) atoms. The van der Waals surface area contributed by atoms with E-state index in [1.165, 1.54) is 6.07 Å². The van der Waals surface area contributed by atoms with Crippen molar-refractivity contribution < 1.29 is 19.2 Å². The van der Waals surface area contributed by atoms with Gasteiger partial charge >= 0.3 is 0 Å². The van der Waals surface area contributed by atoms with Crippen LogP contribution in [-0.2, 0) is 0 Å². The second kappa shape index (κ2) is 7.37. The molecule has 0 radical (unpaired) electrons. The topological polar surface area (TPSA) is 85.2 Å². The van der Waals surface area contributed by atoms with Crippen LogP contribution < -0.4 is 14.4 Å². The number of nitrogens with zero attached hydrogens (tertiary/aromatic N) is 3. The van der Waals surface area contributed by atoms with Gasteiger partial charge in [-0.1, -0.05) is 23.2 Å². The van der Waals surface area contributed by atoms with E-state index in [-0.39, 0.29) is 18.4 Å². The van der Waals surface area contributed by atoms with Crippen LogP contribution in [0.2, 0.25) is 10.0 Å². The van der Waals surface area contributed by atoms with E-state index in [2.05, 4.69) is 0 Å². The van der Waals surface area contributed by atoms with Crippen molar-refractivity contribution in [3.8, 4) is 11.5 Å². The average molecular weight is 424 g/mol. The SMILES string of the molecule is O=C(c1cc(Cl)c2c(c1)OCO2)N1CCN(c2ccc(Cl)cc2[N+](=O)[O-])CC1. The van der Waals surface area contributed by atoms with Crippen LogP contribution in [0.1, 0.15) is 10.4 Å². The number of hydrogen-bond donors (Lipinski definition) is 0. The molecule has 1 fully saturated rings. The van der Waals surface area contributed by atoms with E-state index in [0.29, 0.717) is 59.0 Å². The maximum Gasteiger partial charge on any atom is 0.294 e. The zero-order valence-corrected chi connectivity index (χ0v) is 16.1. The summed E-state index contributed by atoms with van der Waals surface area (Å²) < 4.78 is 10.6. The van der Waals surface area contributed by atoms with E-state index in [1.807, 2.05) is 4.90 Å². The Bertz CT molecular complexity index is 960. The molecule has 4 rings (SSSR count). The van der Waals surface area contributed by atoms with Gasteiger partial charge in [-0.3, -0.25) is 14.9 Å². The number of carbonyl (C=O) groups excluding carboxylic acids is 1. The lowest BCUT2D eigenvalue weighted by Crippen LogP contribution is -2.49. The number of hydrogen-bond acceptors (Lipinski definition) is 6. The molecule has 2 aliphatic rings. The third kappa shape index (κ3) is 3.41. The summed E-state index contributed by atoms with van der Waals surface area (Å²) in [6.07, 6.45) is 0. The van der Waals surface area contributed by atoms with Crippen LogP contribution in [0.3, 0.4) is 0 Å². The maximum absolute atomic E-state index is 12.8. The highest BCUT2D eigenvalue weighted by Crippen LogP contribution is 2.40. The Balaban J connectivity index is 1.48. The first kappa shape index (κ1) is 18.6. The van der Waals surface area contributed by atoms with E-state index >= 15 is 0 Å². The molecule has 2 heterocycles. The molecule has 0 aromatic heterocycles. The van der Waals surface area contributed by atoms with Crippen LogP contribution in [0.25, 0.3) is 0 Å². The molecule has 0 saturated carbocycles. The Morgan fingerprint density at radius 1 is 1.07 bits per heavy atom. The monoisotopic (exact) mass is 423 g/mol. The van der Waals surface area contributed by atoms with Gasteiger partial charge in [0.1, 0.15) is 5.69 Å². The van der Waals surface area contributed by atoms with E-state index in [4.69, 9.17) is 32.7 Å². The van der Waals surface area contributed by atoms with Crippen molar-refractivity contribution >= 4 is 40.5 Å². The number of nitro benzene ring substituents is 1. The highest BCUT2D eigenvalue weighted by molar-refractivity contribution is 6.32. The first-order valence-corrected chi connectivity index (χ1v) is 9.27. The molecule has 0 bridgehead atoms. The quantitative estimate of drug-likeness (QED) is 0.553. The summed E-state index contributed by atoms with van der Waals surface area (Å²) in [7, 11) is 0. The zero-order valence-electron chi connectivity index (χ0n) is 14.6. The van der Waals surface area contributed by atoms with E-state index in [0.717, 1.165) is 0 Å². The molecule has 2 aliphatic heterocycles. The first-order valence-electron chi connectivity index (χ1n) is 8.51. The Morgan fingerprint density at radius 3 is 2.54 bits per heavy atom. The number of halogens is 2. The number of piperazine rings is 1. The van der Waals surface area contributed by atoms with Gasteiger partial charge in [-0.15, -0.1) is 0 Å². The van der Waals surface area contributed by atoms with Gasteiger partial charge in [-0.2, -0.15) is 0 Å². The molecule has 1 amide bonds. The summed E-state index contributed by atoms with van der Waals surface area (Å²) in [6, 6.07) is 7.77. The highest BCUT2D eigenvalue weighted by Gasteiger charge is 2.28. The van der Waals surface area contributed by atoms with Gasteiger partial charge in [0.15, 0.2) is 11.5 Å². The Labute approximate surface area is 170 Å². The molecule has 0 unspecified atom stereocenters. The third-order valence-electron chi connectivity index (χ3n) is 4.72. The van der Waals surface area contributed by atoms with E-state index in [9.17, 15) is 14.9 Å². The molecular formula is C18H15Cl2N3O5. The normalized spacial score (nSPS) is 15.6. The molecule has 0 aliphatic carbocycles. The second-order valence-electron chi connectivity index (χ2n) is 6.36. The number of amides is 1. The molecule has 1 saturated heterocycles. The fourth-order valence-electron chi connectivity index (χ4n) is 3.33. The summed E-state index contributed by atoms with van der Waals surface area (Å²) in [5, 5.41) is 12.0. The Hall–Kier alpha value is -2.71. The van der Waals surface area contributed by atoms with Gasteiger partial charge in [0.25, 0.3) is 11.6 Å². The summed E-state index contributed by atoms with van der Waals surface area (Å²) in [5.74, 6) is 0.717. The van der Waals surface area contributed by atoms with Gasteiger partial charge in [0, 0.05) is 42.8 Å². The van der Waals surface area contributed by atoms with Crippen molar-refractivity contribution in [2.24, 2.45) is 0 Å². The summed E-state index contributed by atoms with van der Waals surface area (Å²) in [4.78, 5) is 27.3. The molecule has 2 aromatic carbocycles. The fraction of sp³-hybridized carbons (Fsp3) is 0.278. The maximum atomic E-state index is 12.8. The molecule has 0 N–H and O–H groups in total. The van der Waals surface area contributed by atoms with E-state index < -0.39 is 4.92 Å². The van der Waals surface area contributed by atoms with Gasteiger partial charge in [-0.05, 0) is 24.3 Å². The molecule has 8 nitrogen and oxygen atoms in total. The van der Waals surface area contributed by atoms with Gasteiger partial charge in [0.2, 0.25) is 6.79 Å². The van der Waals surface area contributed by atoms with Crippen molar-refractivity contribution in [1.82, 2.24) is 4.90 Å². The fourth-order valence-corrected chi connectivity index (χ4v) is 3.77. The summed E-state index contributed by atoms with van der Waals surface area (Å²) >= 11 is 12.0. The standard InChI is InChI=1S/C18H15Cl2N3O5/c19-12-1-2-14(15(9-12)23(25)26)21-3-5-22(6-4-21)18(24)11-7-13(20)17-16(8-11)27-10-28-17/h1-2,7-9H,3-6,10H2. The van der Waals surface area contributed by atoms with Crippen molar-refractivity contribution in [3.05, 3.63) is 56.1 Å². The number of ether oxygens (including phenoxy) is 2. The van der Waals surface area contributed by atoms with Crippen LogP contribution in [0, 0.1) is 10.1 Å². The summed E-state index contributed by atoms with van der Waals surface area (Å²) in [6.45, 7) is 1.85. The van der Waals surface area contributed by atoms with Crippen molar-refractivity contribution in [1.29, 1.82) is 0 Å². The van der Waals surface area contributed by atoms with Crippen LogP contribution in [0.4, 0.5) is 11.4 Å². The van der Waals surface area contributed by atoms with Crippen molar-refractivity contribution in [2.45, 2.75) is 0 Å². The third-order valence-corrected chi connectivity index (χ3v) is 5.23. The lowest BCUT2D eigenvalue weighted by molar-refractivity contribution is -0.384. The van der Waals surface area contributed by atoms with E-state index in [1.54, 1.807) is 29.2 Å². The number of anilines is 1. The first-order chi connectivity index (χ1) is 13.4. The van der Waals surface area contributed by atoms with Crippen LogP contribution in [0.15, 0.2) is 30.3 Å². The minimum atomic E-state index is -0.451. The number of fused-ring (bicyclic) bond motifs is 1. The average Bonchev–Trinajstić information content (AvgIpc) is 3.17. The minimum absolute atomic E-state index is 0.0465. The van der Waals surface area contributed by atoms with Gasteiger partial charge < -0.3 is 19.3 Å². The Morgan fingerprint density at radius 2 is 1.82 bits per heavy atom. The Kier molecular flexibility index (Phi) is 4.91. The number of benzene rings is 2. The predicted octanol–water partition coefficient (Wildman–Crippen LogP) is 3.59. The van der Waals surface area contributed by atoms with Crippen molar-refractivity contribution in [3.63, 3.8) is 0 Å². The van der Waals surface area contributed by atoms with Crippen LogP contribution in [0.5, 0.6) is 11.5 Å². The van der Waals surface area contributed by atoms with Gasteiger partial charge in [-0.25, -0.2) is 0 Å². The molecule has 0 spiro atoms. The second-order valence-corrected chi connectivity index (χ2v) is 7.20. The van der Waals surface area contributed by atoms with Gasteiger partial charge in [0.05, 0.1) is 9.95 Å². The largest absolute Gasteiger partial charge is 0.454 e.